The average Bonchev–Trinajstić information content (AvgIpc) is 2.97. The van der Waals surface area contributed by atoms with Gasteiger partial charge in [-0.15, -0.1) is 11.8 Å². The predicted octanol–water partition coefficient (Wildman–Crippen LogP) is 5.11. The van der Waals surface area contributed by atoms with Crippen molar-refractivity contribution in [3.8, 4) is 16.9 Å². The largest absolute Gasteiger partial charge is 0.497 e. The number of Topliss-reactive ketones (excluding diaryl/α,β-unsaturated/α-hetero) is 1. The van der Waals surface area contributed by atoms with E-state index in [1.807, 2.05) is 36.9 Å². The first-order chi connectivity index (χ1) is 15.5. The van der Waals surface area contributed by atoms with Gasteiger partial charge >= 0.3 is 6.09 Å². The van der Waals surface area contributed by atoms with Crippen LogP contribution in [0.1, 0.15) is 48.0 Å². The lowest BCUT2D eigenvalue weighted by Gasteiger charge is -2.37. The molecule has 168 valence electrons. The molecule has 32 heavy (non-hydrogen) atoms. The first kappa shape index (κ1) is 21.2. The summed E-state index contributed by atoms with van der Waals surface area (Å²) < 4.78 is 5.38. The van der Waals surface area contributed by atoms with Gasteiger partial charge in [0.25, 0.3) is 0 Å². The number of carbonyl (C=O) groups is 2. The topological polar surface area (TPSA) is 70.1 Å². The molecule has 1 amide bonds. The molecule has 2 aromatic rings. The second-order valence-electron chi connectivity index (χ2n) is 8.69. The molecule has 0 aromatic heterocycles. The van der Waals surface area contributed by atoms with Crippen molar-refractivity contribution in [3.63, 3.8) is 0 Å². The molecule has 0 saturated carbocycles. The molecule has 0 aliphatic carbocycles. The molecule has 0 radical (unpaired) electrons. The molecule has 2 aromatic carbocycles. The number of amides is 1. The maximum absolute atomic E-state index is 12.8. The van der Waals surface area contributed by atoms with Crippen LogP contribution in [0.25, 0.3) is 11.1 Å². The Morgan fingerprint density at radius 2 is 2.06 bits per heavy atom. The molecule has 1 fully saturated rings. The van der Waals surface area contributed by atoms with E-state index in [-0.39, 0.29) is 11.7 Å². The Balaban J connectivity index is 1.66. The third-order valence-corrected chi connectivity index (χ3v) is 8.11. The number of hydrogen-bond acceptors (Lipinski definition) is 5. The van der Waals surface area contributed by atoms with Crippen molar-refractivity contribution in [1.82, 2.24) is 4.90 Å². The summed E-state index contributed by atoms with van der Waals surface area (Å²) in [6, 6.07) is 10.5. The van der Waals surface area contributed by atoms with Gasteiger partial charge in [-0.25, -0.2) is 4.79 Å². The van der Waals surface area contributed by atoms with Crippen molar-refractivity contribution >= 4 is 29.3 Å². The number of benzene rings is 2. The number of nitrogens with zero attached hydrogens (tertiary/aromatic N) is 2. The van der Waals surface area contributed by atoms with Crippen molar-refractivity contribution in [1.29, 1.82) is 0 Å². The fourth-order valence-corrected chi connectivity index (χ4v) is 6.54. The second-order valence-corrected chi connectivity index (χ2v) is 9.82. The molecule has 5 rings (SSSR count). The number of ketones is 1. The van der Waals surface area contributed by atoms with Gasteiger partial charge in [-0.05, 0) is 65.6 Å². The van der Waals surface area contributed by atoms with Crippen LogP contribution >= 0.6 is 11.8 Å². The number of hydrogen-bond donors (Lipinski definition) is 1. The fourth-order valence-electron chi connectivity index (χ4n) is 5.46. The summed E-state index contributed by atoms with van der Waals surface area (Å²) in [4.78, 5) is 29.8. The number of methoxy groups -OCH3 is 1. The third-order valence-electron chi connectivity index (χ3n) is 7.00. The van der Waals surface area contributed by atoms with Crippen LogP contribution in [0.4, 0.5) is 10.5 Å². The first-order valence-corrected chi connectivity index (χ1v) is 12.3. The molecule has 0 bridgehead atoms. The van der Waals surface area contributed by atoms with E-state index in [0.717, 1.165) is 36.3 Å². The summed E-state index contributed by atoms with van der Waals surface area (Å²) in [6.45, 7) is 4.01. The van der Waals surface area contributed by atoms with E-state index in [9.17, 15) is 14.7 Å². The summed E-state index contributed by atoms with van der Waals surface area (Å²) in [5, 5.41) is 9.61. The highest BCUT2D eigenvalue weighted by atomic mass is 32.2. The zero-order chi connectivity index (χ0) is 22.4. The van der Waals surface area contributed by atoms with Crippen LogP contribution in [0.15, 0.2) is 35.2 Å². The zero-order valence-corrected chi connectivity index (χ0v) is 19.3. The van der Waals surface area contributed by atoms with Crippen molar-refractivity contribution in [2.45, 2.75) is 43.0 Å². The minimum atomic E-state index is -0.840. The lowest BCUT2D eigenvalue weighted by atomic mass is 9.87. The van der Waals surface area contributed by atoms with Gasteiger partial charge in [0.15, 0.2) is 5.78 Å². The molecule has 3 aliphatic rings. The minimum Gasteiger partial charge on any atom is -0.497 e. The van der Waals surface area contributed by atoms with Crippen LogP contribution in [-0.2, 0) is 0 Å². The van der Waals surface area contributed by atoms with E-state index in [1.165, 1.54) is 16.1 Å². The number of anilines is 1. The lowest BCUT2D eigenvalue weighted by molar-refractivity contribution is 0.0988. The highest BCUT2D eigenvalue weighted by molar-refractivity contribution is 7.99. The minimum absolute atomic E-state index is 0.0899. The average molecular weight is 453 g/mol. The summed E-state index contributed by atoms with van der Waals surface area (Å²) >= 11 is 1.88. The Labute approximate surface area is 192 Å². The van der Waals surface area contributed by atoms with E-state index < -0.39 is 6.09 Å². The maximum Gasteiger partial charge on any atom is 0.407 e. The summed E-state index contributed by atoms with van der Waals surface area (Å²) in [6.07, 6.45) is 1.56. The van der Waals surface area contributed by atoms with E-state index in [2.05, 4.69) is 17.0 Å². The van der Waals surface area contributed by atoms with Gasteiger partial charge in [0, 0.05) is 48.5 Å². The number of likely N-dealkylation sites (tertiary alicyclic amines) is 1. The Morgan fingerprint density at radius 1 is 1.22 bits per heavy atom. The number of carbonyl (C=O) groups excluding carboxylic acids is 1. The predicted molar refractivity (Wildman–Crippen MR) is 126 cm³/mol. The number of thioether (sulfide) groups is 1. The van der Waals surface area contributed by atoms with Crippen LogP contribution in [-0.4, -0.2) is 60.4 Å². The van der Waals surface area contributed by atoms with Gasteiger partial charge in [-0.2, -0.15) is 0 Å². The monoisotopic (exact) mass is 452 g/mol. The molecule has 7 heteroatoms. The van der Waals surface area contributed by atoms with E-state index in [0.29, 0.717) is 36.9 Å². The molecule has 0 spiro atoms. The molecular formula is C25H28N2O4S. The highest BCUT2D eigenvalue weighted by Crippen LogP contribution is 2.52. The quantitative estimate of drug-likeness (QED) is 0.651. The number of ether oxygens (including phenoxy) is 1. The number of rotatable bonds is 4. The molecule has 3 heterocycles. The van der Waals surface area contributed by atoms with E-state index >= 15 is 0 Å². The van der Waals surface area contributed by atoms with Crippen molar-refractivity contribution in [3.05, 3.63) is 41.5 Å². The van der Waals surface area contributed by atoms with Crippen LogP contribution < -0.4 is 9.64 Å². The van der Waals surface area contributed by atoms with Gasteiger partial charge in [-0.3, -0.25) is 4.79 Å². The summed E-state index contributed by atoms with van der Waals surface area (Å²) in [7, 11) is 1.61. The van der Waals surface area contributed by atoms with Gasteiger partial charge in [0.05, 0.1) is 12.8 Å². The Hall–Kier alpha value is -2.67. The van der Waals surface area contributed by atoms with Gasteiger partial charge < -0.3 is 19.6 Å². The van der Waals surface area contributed by atoms with Crippen LogP contribution in [0, 0.1) is 0 Å². The van der Waals surface area contributed by atoms with Crippen molar-refractivity contribution in [2.24, 2.45) is 0 Å². The molecule has 1 saturated heterocycles. The SMILES string of the molecule is CCC(=O)c1cc(OC)ccc1-c1cc2c3c(c1)[C@@H]1CN(C(=O)O)CC[C@@H]1N3CCCS2. The van der Waals surface area contributed by atoms with Crippen molar-refractivity contribution in [2.75, 3.05) is 37.4 Å². The van der Waals surface area contributed by atoms with Gasteiger partial charge in [0.2, 0.25) is 0 Å². The summed E-state index contributed by atoms with van der Waals surface area (Å²) in [5.74, 6) is 1.99. The number of piperidine rings is 1. The van der Waals surface area contributed by atoms with Crippen LogP contribution in [0.5, 0.6) is 5.75 Å². The molecule has 6 nitrogen and oxygen atoms in total. The first-order valence-electron chi connectivity index (χ1n) is 11.3. The van der Waals surface area contributed by atoms with Crippen LogP contribution in [0.3, 0.4) is 0 Å². The van der Waals surface area contributed by atoms with Crippen LogP contribution in [0.2, 0.25) is 0 Å². The smallest absolute Gasteiger partial charge is 0.407 e. The standard InChI is InChI=1S/C25H28N2O4S/c1-3-22(28)18-13-16(31-2)5-6-17(18)15-11-19-20-14-26(25(29)30)9-7-21(20)27-8-4-10-32-23(12-15)24(19)27/h5-6,11-13,20-21H,3-4,7-10,14H2,1-2H3,(H,29,30)/t20-,21-/m0/s1. The Kier molecular flexibility index (Phi) is 5.53. The fraction of sp³-hybridized carbons (Fsp3) is 0.440. The molecule has 1 N–H and O–H groups in total. The number of fused-ring (bicyclic) bond motifs is 3. The Morgan fingerprint density at radius 3 is 2.81 bits per heavy atom. The van der Waals surface area contributed by atoms with E-state index in [1.54, 1.807) is 12.0 Å². The van der Waals surface area contributed by atoms with Crippen molar-refractivity contribution < 1.29 is 19.4 Å². The molecular weight excluding hydrogens is 424 g/mol. The summed E-state index contributed by atoms with van der Waals surface area (Å²) in [5.41, 5.74) is 5.15. The molecule has 2 atom stereocenters. The number of carboxylic acid groups (broad SMARTS) is 1. The lowest BCUT2D eigenvalue weighted by Crippen LogP contribution is -2.48. The third kappa shape index (κ3) is 3.43. The molecule has 0 unspecified atom stereocenters. The highest BCUT2D eigenvalue weighted by Gasteiger charge is 2.44. The maximum atomic E-state index is 12.8. The normalized spacial score (nSPS) is 21.6. The van der Waals surface area contributed by atoms with Gasteiger partial charge in [0.1, 0.15) is 5.75 Å². The zero-order valence-electron chi connectivity index (χ0n) is 18.5. The van der Waals surface area contributed by atoms with Gasteiger partial charge in [-0.1, -0.05) is 6.92 Å². The van der Waals surface area contributed by atoms with E-state index in [4.69, 9.17) is 4.74 Å². The Bertz CT molecular complexity index is 1090. The molecule has 3 aliphatic heterocycles. The second kappa shape index (κ2) is 8.35.